The Bertz CT molecular complexity index is 1330. The fourth-order valence-corrected chi connectivity index (χ4v) is 3.81. The van der Waals surface area contributed by atoms with E-state index in [1.165, 1.54) is 18.8 Å². The first-order chi connectivity index (χ1) is 15.3. The lowest BCUT2D eigenvalue weighted by Gasteiger charge is -2.14. The summed E-state index contributed by atoms with van der Waals surface area (Å²) in [5.74, 6) is 0.0504. The van der Waals surface area contributed by atoms with Crippen molar-refractivity contribution >= 4 is 29.2 Å². The average molecular weight is 452 g/mol. The Morgan fingerprint density at radius 1 is 1.38 bits per heavy atom. The summed E-state index contributed by atoms with van der Waals surface area (Å²) in [7, 11) is 3.00. The van der Waals surface area contributed by atoms with Crippen molar-refractivity contribution in [3.8, 4) is 29.1 Å². The van der Waals surface area contributed by atoms with Crippen LogP contribution < -0.4 is 26.1 Å². The smallest absolute Gasteiger partial charge is 0.435 e. The molecule has 162 valence electrons. The molecule has 3 rings (SSSR count). The number of methoxy groups -OCH3 is 1. The van der Waals surface area contributed by atoms with E-state index in [2.05, 4.69) is 15.6 Å². The number of aryl methyl sites for hydroxylation is 1. The molecule has 0 bridgehead atoms. The summed E-state index contributed by atoms with van der Waals surface area (Å²) in [6.07, 6.45) is 0. The quantitative estimate of drug-likeness (QED) is 0.368. The Balaban J connectivity index is 2.00. The van der Waals surface area contributed by atoms with E-state index in [4.69, 9.17) is 15.0 Å². The number of aromatic amines is 1. The standard InChI is InChI=1S/C20H17N7O4S/c1-10(18(28)24-11-5-4-6-12(7-11)30-3)32-19-14(9-22)15(13(8-21)17(23)25-19)16-20(29)31-26-27(16)2/h4-7,10H,1-3H3,(H3-,23,24,25,26,28,29)/p+1. The molecule has 2 aromatic heterocycles. The number of pyridine rings is 1. The molecule has 12 heteroatoms. The maximum Gasteiger partial charge on any atom is 0.435 e. The molecule has 0 aliphatic heterocycles. The van der Waals surface area contributed by atoms with Gasteiger partial charge in [-0.1, -0.05) is 22.5 Å². The van der Waals surface area contributed by atoms with E-state index in [-0.39, 0.29) is 39.1 Å². The Morgan fingerprint density at radius 2 is 2.09 bits per heavy atom. The lowest BCUT2D eigenvalue weighted by atomic mass is 10.0. The van der Waals surface area contributed by atoms with Gasteiger partial charge in [-0.05, 0) is 24.3 Å². The molecule has 0 fully saturated rings. The van der Waals surface area contributed by atoms with Crippen molar-refractivity contribution in [1.82, 2.24) is 10.3 Å². The van der Waals surface area contributed by atoms with Crippen molar-refractivity contribution in [2.45, 2.75) is 17.2 Å². The Hall–Kier alpha value is -4.29. The predicted molar refractivity (Wildman–Crippen MR) is 115 cm³/mol. The van der Waals surface area contributed by atoms with Crippen molar-refractivity contribution in [1.29, 1.82) is 10.5 Å². The van der Waals surface area contributed by atoms with Gasteiger partial charge < -0.3 is 15.8 Å². The lowest BCUT2D eigenvalue weighted by molar-refractivity contribution is -0.730. The van der Waals surface area contributed by atoms with Crippen molar-refractivity contribution < 1.29 is 18.7 Å². The largest absolute Gasteiger partial charge is 0.497 e. The summed E-state index contributed by atoms with van der Waals surface area (Å²) in [5.41, 5.74) is 5.41. The molecule has 1 atom stereocenters. The molecule has 1 amide bonds. The predicted octanol–water partition coefficient (Wildman–Crippen LogP) is 1.31. The number of thioether (sulfide) groups is 1. The summed E-state index contributed by atoms with van der Waals surface area (Å²) < 4.78 is 11.1. The number of H-pyrrole nitrogens is 1. The normalized spacial score (nSPS) is 11.3. The number of rotatable bonds is 6. The van der Waals surface area contributed by atoms with Crippen molar-refractivity contribution in [3.05, 3.63) is 45.8 Å². The molecule has 32 heavy (non-hydrogen) atoms. The Labute approximate surface area is 186 Å². The molecule has 1 aromatic carbocycles. The maximum absolute atomic E-state index is 12.7. The number of nitrogens with one attached hydrogen (secondary N) is 2. The van der Waals surface area contributed by atoms with Crippen LogP contribution in [0.5, 0.6) is 5.75 Å². The SMILES string of the molecule is COc1cccc(NC(=O)C(C)Sc2nc(N)c(C#N)c(-c3c(=O)o[nH][n+]3C)c2C#N)c1. The fraction of sp³-hybridized carbons (Fsp3) is 0.200. The third-order valence-corrected chi connectivity index (χ3v) is 5.54. The van der Waals surface area contributed by atoms with Crippen molar-refractivity contribution in [2.24, 2.45) is 7.05 Å². The minimum atomic E-state index is -0.786. The summed E-state index contributed by atoms with van der Waals surface area (Å²) in [4.78, 5) is 29.1. The molecule has 11 nitrogen and oxygen atoms in total. The number of ether oxygens (including phenoxy) is 1. The highest BCUT2D eigenvalue weighted by Gasteiger charge is 2.32. The second-order valence-corrected chi connectivity index (χ2v) is 7.85. The van der Waals surface area contributed by atoms with E-state index < -0.39 is 10.9 Å². The van der Waals surface area contributed by atoms with Crippen LogP contribution in [0.4, 0.5) is 11.5 Å². The number of carbonyl (C=O) groups is 1. The number of amides is 1. The zero-order chi connectivity index (χ0) is 23.4. The topological polar surface area (TPSA) is 175 Å². The van der Waals surface area contributed by atoms with Gasteiger partial charge >= 0.3 is 11.3 Å². The van der Waals surface area contributed by atoms with E-state index in [0.717, 1.165) is 11.8 Å². The summed E-state index contributed by atoms with van der Waals surface area (Å²) in [5, 5.41) is 23.9. The number of hydrogen-bond acceptors (Lipinski definition) is 9. The molecule has 0 aliphatic carbocycles. The molecule has 2 heterocycles. The Morgan fingerprint density at radius 3 is 2.69 bits per heavy atom. The second-order valence-electron chi connectivity index (χ2n) is 6.52. The zero-order valence-corrected chi connectivity index (χ0v) is 18.1. The third-order valence-electron chi connectivity index (χ3n) is 4.45. The summed E-state index contributed by atoms with van der Waals surface area (Å²) in [6.45, 7) is 1.63. The van der Waals surface area contributed by atoms with E-state index in [9.17, 15) is 20.1 Å². The number of anilines is 2. The maximum atomic E-state index is 12.7. The number of nitrogens with zero attached hydrogens (tertiary/aromatic N) is 4. The van der Waals surface area contributed by atoms with Crippen LogP contribution in [-0.2, 0) is 11.8 Å². The highest BCUT2D eigenvalue weighted by molar-refractivity contribution is 8.00. The molecule has 0 aliphatic rings. The number of aromatic nitrogens is 3. The molecule has 0 spiro atoms. The molecule has 0 saturated carbocycles. The fourth-order valence-electron chi connectivity index (χ4n) is 2.90. The average Bonchev–Trinajstić information content (AvgIpc) is 3.11. The van der Waals surface area contributed by atoms with Crippen LogP contribution in [0.15, 0.2) is 38.6 Å². The van der Waals surface area contributed by atoms with Crippen LogP contribution in [0, 0.1) is 22.7 Å². The second kappa shape index (κ2) is 9.24. The number of nitrogens with two attached hydrogens (primary N) is 1. The molecule has 3 aromatic rings. The van der Waals surface area contributed by atoms with E-state index in [1.54, 1.807) is 31.2 Å². The van der Waals surface area contributed by atoms with Crippen LogP contribution in [0.1, 0.15) is 18.1 Å². The highest BCUT2D eigenvalue weighted by Crippen LogP contribution is 2.35. The molecular weight excluding hydrogens is 434 g/mol. The van der Waals surface area contributed by atoms with Gasteiger partial charge in [0, 0.05) is 11.8 Å². The first-order valence-electron chi connectivity index (χ1n) is 9.13. The van der Waals surface area contributed by atoms with Gasteiger partial charge in [0.05, 0.1) is 17.9 Å². The van der Waals surface area contributed by atoms with Gasteiger partial charge in [-0.25, -0.2) is 9.78 Å². The van der Waals surface area contributed by atoms with Crippen LogP contribution in [-0.4, -0.2) is 28.5 Å². The van der Waals surface area contributed by atoms with Crippen LogP contribution in [0.3, 0.4) is 0 Å². The number of nitrogen functional groups attached to an aromatic ring is 1. The van der Waals surface area contributed by atoms with Crippen LogP contribution in [0.25, 0.3) is 11.3 Å². The number of nitriles is 2. The van der Waals surface area contributed by atoms with E-state index in [1.807, 2.05) is 12.1 Å². The number of hydrogen-bond donors (Lipinski definition) is 3. The van der Waals surface area contributed by atoms with E-state index in [0.29, 0.717) is 11.4 Å². The van der Waals surface area contributed by atoms with Crippen LogP contribution >= 0.6 is 11.8 Å². The molecule has 4 N–H and O–H groups in total. The monoisotopic (exact) mass is 452 g/mol. The first-order valence-corrected chi connectivity index (χ1v) is 10.0. The molecule has 1 unspecified atom stereocenters. The Kier molecular flexibility index (Phi) is 6.47. The van der Waals surface area contributed by atoms with Gasteiger partial charge in [0.25, 0.3) is 0 Å². The molecular formula is C20H18N7O4S+. The third kappa shape index (κ3) is 4.26. The molecule has 0 saturated heterocycles. The zero-order valence-electron chi connectivity index (χ0n) is 17.3. The van der Waals surface area contributed by atoms with Gasteiger partial charge in [-0.15, -0.1) is 0 Å². The number of carbonyl (C=O) groups excluding carboxylic acids is 1. The van der Waals surface area contributed by atoms with Crippen molar-refractivity contribution in [3.63, 3.8) is 0 Å². The first kappa shape index (κ1) is 22.4. The van der Waals surface area contributed by atoms with Crippen LogP contribution in [0.2, 0.25) is 0 Å². The minimum Gasteiger partial charge on any atom is -0.497 e. The van der Waals surface area contributed by atoms with Crippen molar-refractivity contribution in [2.75, 3.05) is 18.2 Å². The molecule has 0 radical (unpaired) electrons. The minimum absolute atomic E-state index is 0.0112. The number of benzene rings is 1. The van der Waals surface area contributed by atoms with Gasteiger partial charge in [0.2, 0.25) is 5.91 Å². The summed E-state index contributed by atoms with van der Waals surface area (Å²) in [6, 6.07) is 10.7. The van der Waals surface area contributed by atoms with Gasteiger partial charge in [0.15, 0.2) is 7.05 Å². The highest BCUT2D eigenvalue weighted by atomic mass is 32.2. The van der Waals surface area contributed by atoms with E-state index >= 15 is 0 Å². The summed E-state index contributed by atoms with van der Waals surface area (Å²) >= 11 is 0.970. The lowest BCUT2D eigenvalue weighted by Crippen LogP contribution is -2.34. The van der Waals surface area contributed by atoms with Gasteiger partial charge in [-0.3, -0.25) is 9.32 Å². The van der Waals surface area contributed by atoms with Gasteiger partial charge in [0.1, 0.15) is 39.9 Å². The van der Waals surface area contributed by atoms with Gasteiger partial charge in [-0.2, -0.15) is 10.5 Å².